The number of methoxy groups -OCH3 is 4. The number of halogens is 3. The second-order valence-electron chi connectivity index (χ2n) is 18.2. The molecule has 30 heteroatoms. The first-order valence-electron chi connectivity index (χ1n) is 24.8. The summed E-state index contributed by atoms with van der Waals surface area (Å²) in [4.78, 5) is 120. The summed E-state index contributed by atoms with van der Waals surface area (Å²) in [6.07, 6.45) is 0.335. The number of esters is 3. The molecule has 2 aliphatic carbocycles. The van der Waals surface area contributed by atoms with Gasteiger partial charge in [0.25, 0.3) is 0 Å². The van der Waals surface area contributed by atoms with E-state index in [9.17, 15) is 88.8 Å². The molecule has 0 fully saturated rings. The standard InChI is InChI=1S/C20H20ClNO8.2C18H16ClNO8/c1-8-5-10-18(27)11(6-14(25)19(10)29-2)22-15(26)4-3-9-16(20(28)30-8)12(23)7-13(24)17(9)21;1-8(28-18(26)9-4-11(19)14(23)6-13(9)22)3-10-16(25)12(20-7-21)5-15(24)17(10)27-2;1-27-14-7-10(21)9(5-11(14)22)20-15(25)4-3-8-16(18(26)28-2)12(23)6-13(24)17(8)19/h6-8,23-25,27H,3-5H2,1-2H3,(H,22,26);4-8,22-23H,3H2,1-2H3,(H,20,21);5-7,23-24H,3-4H2,1-2H3,(H,20,25). The van der Waals surface area contributed by atoms with Crippen molar-refractivity contribution in [2.45, 2.75) is 64.6 Å². The first kappa shape index (κ1) is 66.8. The van der Waals surface area contributed by atoms with Gasteiger partial charge in [0, 0.05) is 73.7 Å². The van der Waals surface area contributed by atoms with Crippen LogP contribution in [0.4, 0.5) is 5.69 Å². The molecule has 0 spiro atoms. The maximum absolute atomic E-state index is 12.7. The summed E-state index contributed by atoms with van der Waals surface area (Å²) in [6.45, 7) is 3.00. The second-order valence-corrected chi connectivity index (χ2v) is 19.4. The molecule has 7 rings (SSSR count). The number of carbonyl (C=O) groups excluding carboxylic acids is 10. The van der Waals surface area contributed by atoms with Gasteiger partial charge in [0.2, 0.25) is 41.4 Å². The van der Waals surface area contributed by atoms with Gasteiger partial charge in [0.1, 0.15) is 69.1 Å². The van der Waals surface area contributed by atoms with Crippen LogP contribution in [-0.4, -0.2) is 141 Å². The predicted molar refractivity (Wildman–Crippen MR) is 298 cm³/mol. The molecule has 4 aromatic rings. The summed E-state index contributed by atoms with van der Waals surface area (Å²) in [5.41, 5.74) is -1.23. The molecule has 1 aliphatic heterocycles. The van der Waals surface area contributed by atoms with Crippen LogP contribution in [0.5, 0.6) is 51.7 Å². The van der Waals surface area contributed by atoms with Crippen LogP contribution in [0.1, 0.15) is 80.9 Å². The van der Waals surface area contributed by atoms with Crippen LogP contribution in [-0.2, 0) is 76.5 Å². The third-order valence-corrected chi connectivity index (χ3v) is 13.5. The Bertz CT molecular complexity index is 3620. The number of anilines is 1. The largest absolute Gasteiger partial charge is 0.507 e. The molecule has 86 heavy (non-hydrogen) atoms. The van der Waals surface area contributed by atoms with E-state index in [1.807, 2.05) is 0 Å². The zero-order valence-electron chi connectivity index (χ0n) is 45.8. The molecule has 2 unspecified atom stereocenters. The van der Waals surface area contributed by atoms with E-state index in [1.54, 1.807) is 0 Å². The molecular weight excluding hydrogens is 1200 g/mol. The fraction of sp³-hybridized carbons (Fsp3) is 0.250. The normalized spacial score (nSPS) is 15.2. The zero-order chi connectivity index (χ0) is 64.2. The minimum Gasteiger partial charge on any atom is -0.507 e. The van der Waals surface area contributed by atoms with E-state index in [0.717, 1.165) is 55.7 Å². The highest BCUT2D eigenvalue weighted by atomic mass is 35.5. The number of hydrogen-bond acceptors (Lipinski definition) is 24. The van der Waals surface area contributed by atoms with Crippen LogP contribution in [0.3, 0.4) is 0 Å². The number of rotatable bonds is 14. The molecule has 27 nitrogen and oxygen atoms in total. The van der Waals surface area contributed by atoms with Gasteiger partial charge in [-0.15, -0.1) is 0 Å². The van der Waals surface area contributed by atoms with Crippen molar-refractivity contribution in [1.29, 1.82) is 0 Å². The maximum Gasteiger partial charge on any atom is 0.342 e. The summed E-state index contributed by atoms with van der Waals surface area (Å²) in [5.74, 6) is -10.5. The molecule has 0 aromatic heterocycles. The summed E-state index contributed by atoms with van der Waals surface area (Å²) < 4.78 is 30.0. The molecule has 0 saturated heterocycles. The Morgan fingerprint density at radius 1 is 0.721 bits per heavy atom. The molecule has 2 atom stereocenters. The molecular formula is C56H52Cl3N3O24. The minimum absolute atomic E-state index is 0.00255. The third-order valence-electron chi connectivity index (χ3n) is 12.4. The van der Waals surface area contributed by atoms with E-state index in [4.69, 9.17) is 58.5 Å². The molecule has 0 radical (unpaired) electrons. The van der Waals surface area contributed by atoms with Gasteiger partial charge in [-0.25, -0.2) is 14.4 Å². The van der Waals surface area contributed by atoms with Gasteiger partial charge in [-0.1, -0.05) is 34.8 Å². The number of carbonyl (C=O) groups is 10. The van der Waals surface area contributed by atoms with Crippen molar-refractivity contribution in [2.24, 2.45) is 0 Å². The van der Waals surface area contributed by atoms with Crippen LogP contribution < -0.4 is 20.7 Å². The number of fused-ring (bicyclic) bond motifs is 3. The average Bonchev–Trinajstić information content (AvgIpc) is 1.76. The Morgan fingerprint density at radius 2 is 1.36 bits per heavy atom. The first-order valence-corrected chi connectivity index (χ1v) is 25.9. The number of benzene rings is 4. The summed E-state index contributed by atoms with van der Waals surface area (Å²) >= 11 is 17.8. The van der Waals surface area contributed by atoms with E-state index in [1.165, 1.54) is 35.2 Å². The lowest BCUT2D eigenvalue weighted by atomic mass is 9.94. The second kappa shape index (κ2) is 29.0. The topological polar surface area (TPSA) is 424 Å². The van der Waals surface area contributed by atoms with Gasteiger partial charge in [-0.3, -0.25) is 33.6 Å². The quantitative estimate of drug-likeness (QED) is 0.0189. The summed E-state index contributed by atoms with van der Waals surface area (Å²) in [6, 6.07) is 4.87. The van der Waals surface area contributed by atoms with Crippen molar-refractivity contribution in [2.75, 3.05) is 33.8 Å². The lowest BCUT2D eigenvalue weighted by Gasteiger charge is -2.20. The smallest absolute Gasteiger partial charge is 0.342 e. The molecule has 1 heterocycles. The van der Waals surface area contributed by atoms with Gasteiger partial charge in [0.05, 0.1) is 66.2 Å². The highest BCUT2D eigenvalue weighted by Crippen LogP contribution is 2.44. The fourth-order valence-corrected chi connectivity index (χ4v) is 9.07. The number of ketones is 4. The van der Waals surface area contributed by atoms with E-state index in [2.05, 4.69) is 20.7 Å². The van der Waals surface area contributed by atoms with Gasteiger partial charge in [-0.2, -0.15) is 0 Å². The first-order chi connectivity index (χ1) is 40.5. The lowest BCUT2D eigenvalue weighted by molar-refractivity contribution is -0.122. The Labute approximate surface area is 501 Å². The zero-order valence-corrected chi connectivity index (χ0v) is 48.1. The highest BCUT2D eigenvalue weighted by molar-refractivity contribution is 6.34. The van der Waals surface area contributed by atoms with Crippen LogP contribution >= 0.6 is 34.8 Å². The number of nitrogens with one attached hydrogen (secondary N) is 3. The van der Waals surface area contributed by atoms with E-state index < -0.39 is 99.6 Å². The van der Waals surface area contributed by atoms with Crippen LogP contribution in [0.15, 0.2) is 77.0 Å². The van der Waals surface area contributed by atoms with Crippen molar-refractivity contribution < 1.29 is 117 Å². The average molecular weight is 1260 g/mol. The number of ether oxygens (including phenoxy) is 6. The molecule has 3 amide bonds. The van der Waals surface area contributed by atoms with E-state index in [0.29, 0.717) is 0 Å². The van der Waals surface area contributed by atoms with Crippen LogP contribution in [0, 0.1) is 0 Å². The van der Waals surface area contributed by atoms with Crippen molar-refractivity contribution in [3.63, 3.8) is 0 Å². The fourth-order valence-electron chi connectivity index (χ4n) is 8.42. The summed E-state index contributed by atoms with van der Waals surface area (Å²) in [7, 11) is 4.84. The number of allylic oxidation sites excluding steroid dienone is 4. The highest BCUT2D eigenvalue weighted by Gasteiger charge is 2.33. The number of hydrogen-bond donors (Lipinski definition) is 11. The van der Waals surface area contributed by atoms with Crippen molar-refractivity contribution >= 4 is 99.8 Å². The molecule has 2 bridgehead atoms. The van der Waals surface area contributed by atoms with Gasteiger partial charge in [-0.05, 0) is 43.9 Å². The summed E-state index contributed by atoms with van der Waals surface area (Å²) in [5, 5.41) is 86.1. The Balaban J connectivity index is 0.000000236. The van der Waals surface area contributed by atoms with E-state index in [-0.39, 0.29) is 145 Å². The van der Waals surface area contributed by atoms with Crippen molar-refractivity contribution in [3.05, 3.63) is 125 Å². The number of cyclic esters (lactones) is 1. The Kier molecular flexibility index (Phi) is 22.5. The number of phenolic OH excluding ortho intramolecular Hbond substituents is 8. The van der Waals surface area contributed by atoms with Gasteiger partial charge < -0.3 is 85.2 Å². The number of Topliss-reactive ketones (excluding diaryl/α,β-unsaturated/α-hetero) is 1. The van der Waals surface area contributed by atoms with Crippen molar-refractivity contribution in [1.82, 2.24) is 10.6 Å². The molecule has 0 saturated carbocycles. The third kappa shape index (κ3) is 15.6. The number of amides is 3. The molecule has 11 N–H and O–H groups in total. The predicted octanol–water partition coefficient (Wildman–Crippen LogP) is 5.37. The Morgan fingerprint density at radius 3 is 1.99 bits per heavy atom. The van der Waals surface area contributed by atoms with E-state index >= 15 is 0 Å². The lowest BCUT2D eigenvalue weighted by Crippen LogP contribution is -2.30. The number of aromatic hydroxyl groups is 8. The number of phenols is 8. The van der Waals surface area contributed by atoms with Crippen LogP contribution in [0.25, 0.3) is 0 Å². The van der Waals surface area contributed by atoms with Crippen LogP contribution in [0.2, 0.25) is 15.1 Å². The minimum atomic E-state index is -0.956. The molecule has 3 aliphatic rings. The monoisotopic (exact) mass is 1260 g/mol. The van der Waals surface area contributed by atoms with Gasteiger partial charge in [0.15, 0.2) is 23.0 Å². The molecule has 4 aromatic carbocycles. The Hall–Kier alpha value is -9.99. The maximum atomic E-state index is 12.7. The van der Waals surface area contributed by atoms with Crippen molar-refractivity contribution in [3.8, 4) is 51.7 Å². The SMILES string of the molecule is COC(=O)c1c(O)cc(O)c(Cl)c1CCC(=O)NC1=CC(=O)C(OC)=CC1=O.COC1=C(CC(C)OC(=O)c2cc(Cl)c(O)cc2O)C(=O)C(NC=O)=CC1=O.COc1c(O)cc2c(O)c1CC(C)OC(=O)c1c(O)cc(O)c(Cl)c1CCC(=O)N2. The molecule has 456 valence electrons. The van der Waals surface area contributed by atoms with Gasteiger partial charge >= 0.3 is 17.9 Å².